The topological polar surface area (TPSA) is 43.4 Å². The van der Waals surface area contributed by atoms with Gasteiger partial charge in [0.2, 0.25) is 0 Å². The summed E-state index contributed by atoms with van der Waals surface area (Å²) in [5.74, 6) is 1.58. The Kier molecular flexibility index (Phi) is 4.60. The average Bonchev–Trinajstić information content (AvgIpc) is 3.09. The lowest BCUT2D eigenvalue weighted by atomic mass is 9.86. The summed E-state index contributed by atoms with van der Waals surface area (Å²) in [5, 5.41) is 0. The fraction of sp³-hybridized carbons (Fsp3) is 0.625. The molecule has 1 aliphatic rings. The van der Waals surface area contributed by atoms with Gasteiger partial charge in [-0.3, -0.25) is 0 Å². The number of hydrogen-bond donors (Lipinski definition) is 0. The molecule has 1 saturated carbocycles. The third-order valence-electron chi connectivity index (χ3n) is 3.83. The van der Waals surface area contributed by atoms with E-state index in [0.29, 0.717) is 12.2 Å². The van der Waals surface area contributed by atoms with Gasteiger partial charge < -0.3 is 4.74 Å². The van der Waals surface area contributed by atoms with Crippen LogP contribution in [0, 0.1) is 12.8 Å². The summed E-state index contributed by atoms with van der Waals surface area (Å²) in [6.45, 7) is 8.54. The van der Waals surface area contributed by atoms with Crippen LogP contribution in [0.5, 0.6) is 5.75 Å². The van der Waals surface area contributed by atoms with Gasteiger partial charge in [0.05, 0.1) is 11.5 Å². The van der Waals surface area contributed by atoms with Gasteiger partial charge in [-0.15, -0.1) is 0 Å². The fourth-order valence-corrected chi connectivity index (χ4v) is 3.57. The average molecular weight is 331 g/mol. The molecular formula is C16H23ClO3S. The maximum absolute atomic E-state index is 11.7. The normalized spacial score (nSPS) is 16.0. The van der Waals surface area contributed by atoms with Crippen molar-refractivity contribution in [2.75, 3.05) is 6.61 Å². The molecule has 0 spiro atoms. The zero-order valence-corrected chi connectivity index (χ0v) is 14.6. The van der Waals surface area contributed by atoms with Crippen molar-refractivity contribution >= 4 is 19.7 Å². The standard InChI is InChI=1S/C16H23ClO3S/c1-11-9-14(20-8-7-12-5-6-12)13(16(2,3)4)10-15(11)21(17,18)19/h9-10,12H,5-8H2,1-4H3. The van der Waals surface area contributed by atoms with Gasteiger partial charge in [0.15, 0.2) is 0 Å². The minimum Gasteiger partial charge on any atom is -0.493 e. The van der Waals surface area contributed by atoms with Gasteiger partial charge in [0, 0.05) is 16.2 Å². The quantitative estimate of drug-likeness (QED) is 0.751. The van der Waals surface area contributed by atoms with Crippen molar-refractivity contribution < 1.29 is 13.2 Å². The number of halogens is 1. The summed E-state index contributed by atoms with van der Waals surface area (Å²) >= 11 is 0. The van der Waals surface area contributed by atoms with Gasteiger partial charge in [-0.2, -0.15) is 0 Å². The van der Waals surface area contributed by atoms with E-state index < -0.39 is 9.05 Å². The van der Waals surface area contributed by atoms with E-state index in [1.54, 1.807) is 19.1 Å². The van der Waals surface area contributed by atoms with Crippen molar-refractivity contribution in [3.05, 3.63) is 23.3 Å². The molecule has 0 bridgehead atoms. The number of ether oxygens (including phenoxy) is 1. The van der Waals surface area contributed by atoms with Gasteiger partial charge in [-0.1, -0.05) is 33.6 Å². The summed E-state index contributed by atoms with van der Waals surface area (Å²) < 4.78 is 29.3. The minimum atomic E-state index is -3.74. The Labute approximate surface area is 132 Å². The number of rotatable bonds is 5. The van der Waals surface area contributed by atoms with Crippen molar-refractivity contribution in [2.24, 2.45) is 5.92 Å². The van der Waals surface area contributed by atoms with Crippen LogP contribution in [0.1, 0.15) is 51.2 Å². The SMILES string of the molecule is Cc1cc(OCCC2CC2)c(C(C)(C)C)cc1S(=O)(=O)Cl. The molecule has 21 heavy (non-hydrogen) atoms. The Bertz CT molecular complexity index is 626. The third-order valence-corrected chi connectivity index (χ3v) is 5.29. The molecule has 0 N–H and O–H groups in total. The predicted octanol–water partition coefficient (Wildman–Crippen LogP) is 4.40. The number of aryl methyl sites for hydroxylation is 1. The second kappa shape index (κ2) is 5.81. The monoisotopic (exact) mass is 330 g/mol. The Morgan fingerprint density at radius 1 is 1.29 bits per heavy atom. The van der Waals surface area contributed by atoms with Crippen molar-refractivity contribution in [3.63, 3.8) is 0 Å². The summed E-state index contributed by atoms with van der Waals surface area (Å²) in [6, 6.07) is 3.45. The molecule has 0 aromatic heterocycles. The molecule has 0 amide bonds. The molecule has 1 fully saturated rings. The molecule has 118 valence electrons. The van der Waals surface area contributed by atoms with E-state index in [1.807, 2.05) is 20.8 Å². The largest absolute Gasteiger partial charge is 0.493 e. The molecule has 0 unspecified atom stereocenters. The lowest BCUT2D eigenvalue weighted by Gasteiger charge is -2.24. The van der Waals surface area contributed by atoms with Crippen LogP contribution in [0.15, 0.2) is 17.0 Å². The molecule has 1 aromatic carbocycles. The minimum absolute atomic E-state index is 0.170. The van der Waals surface area contributed by atoms with Crippen LogP contribution < -0.4 is 4.74 Å². The maximum atomic E-state index is 11.7. The van der Waals surface area contributed by atoms with Crippen LogP contribution in [-0.2, 0) is 14.5 Å². The molecular weight excluding hydrogens is 308 g/mol. The molecule has 3 nitrogen and oxygen atoms in total. The molecule has 5 heteroatoms. The number of benzene rings is 1. The summed E-state index contributed by atoms with van der Waals surface area (Å²) in [5.41, 5.74) is 1.29. The van der Waals surface area contributed by atoms with Crippen molar-refractivity contribution in [1.29, 1.82) is 0 Å². The van der Waals surface area contributed by atoms with Gasteiger partial charge in [-0.25, -0.2) is 8.42 Å². The highest BCUT2D eigenvalue weighted by molar-refractivity contribution is 8.13. The Hall–Kier alpha value is -0.740. The van der Waals surface area contributed by atoms with Crippen molar-refractivity contribution in [1.82, 2.24) is 0 Å². The highest BCUT2D eigenvalue weighted by Crippen LogP contribution is 2.37. The van der Waals surface area contributed by atoms with Crippen LogP contribution in [0.25, 0.3) is 0 Å². The first-order chi connectivity index (χ1) is 9.59. The molecule has 1 aliphatic carbocycles. The zero-order chi connectivity index (χ0) is 15.8. The molecule has 1 aromatic rings. The Morgan fingerprint density at radius 2 is 1.90 bits per heavy atom. The lowest BCUT2D eigenvalue weighted by Crippen LogP contribution is -2.15. The van der Waals surface area contributed by atoms with E-state index in [1.165, 1.54) is 12.8 Å². The van der Waals surface area contributed by atoms with E-state index in [4.69, 9.17) is 15.4 Å². The third kappa shape index (κ3) is 4.36. The van der Waals surface area contributed by atoms with Crippen molar-refractivity contribution in [2.45, 2.75) is 57.3 Å². The first-order valence-corrected chi connectivity index (χ1v) is 9.62. The second-order valence-corrected chi connectivity index (χ2v) is 9.42. The van der Waals surface area contributed by atoms with E-state index >= 15 is 0 Å². The van der Waals surface area contributed by atoms with Gasteiger partial charge in [0.25, 0.3) is 9.05 Å². The maximum Gasteiger partial charge on any atom is 0.261 e. The van der Waals surface area contributed by atoms with E-state index in [-0.39, 0.29) is 10.3 Å². The van der Waals surface area contributed by atoms with Crippen LogP contribution in [0.4, 0.5) is 0 Å². The van der Waals surface area contributed by atoms with E-state index in [0.717, 1.165) is 23.7 Å². The van der Waals surface area contributed by atoms with E-state index in [9.17, 15) is 8.42 Å². The Balaban J connectivity index is 2.35. The smallest absolute Gasteiger partial charge is 0.261 e. The van der Waals surface area contributed by atoms with Crippen LogP contribution in [0.2, 0.25) is 0 Å². The first-order valence-electron chi connectivity index (χ1n) is 7.31. The molecule has 0 radical (unpaired) electrons. The van der Waals surface area contributed by atoms with Crippen LogP contribution in [0.3, 0.4) is 0 Å². The van der Waals surface area contributed by atoms with Gasteiger partial charge in [-0.05, 0) is 42.4 Å². The number of hydrogen-bond acceptors (Lipinski definition) is 3. The highest BCUT2D eigenvalue weighted by Gasteiger charge is 2.25. The molecule has 0 atom stereocenters. The Morgan fingerprint density at radius 3 is 2.38 bits per heavy atom. The summed E-state index contributed by atoms with van der Waals surface area (Å²) in [7, 11) is 1.78. The van der Waals surface area contributed by atoms with Crippen molar-refractivity contribution in [3.8, 4) is 5.75 Å². The lowest BCUT2D eigenvalue weighted by molar-refractivity contribution is 0.294. The molecule has 0 saturated heterocycles. The summed E-state index contributed by atoms with van der Waals surface area (Å²) in [4.78, 5) is 0.170. The van der Waals surface area contributed by atoms with Crippen LogP contribution >= 0.6 is 10.7 Å². The summed E-state index contributed by atoms with van der Waals surface area (Å²) in [6.07, 6.45) is 3.67. The fourth-order valence-electron chi connectivity index (χ4n) is 2.37. The highest BCUT2D eigenvalue weighted by atomic mass is 35.7. The molecule has 2 rings (SSSR count). The molecule has 0 aliphatic heterocycles. The second-order valence-electron chi connectivity index (χ2n) is 6.88. The van der Waals surface area contributed by atoms with E-state index in [2.05, 4.69) is 0 Å². The predicted molar refractivity (Wildman–Crippen MR) is 85.8 cm³/mol. The van der Waals surface area contributed by atoms with Gasteiger partial charge >= 0.3 is 0 Å². The first kappa shape index (κ1) is 16.6. The molecule has 0 heterocycles. The van der Waals surface area contributed by atoms with Gasteiger partial charge in [0.1, 0.15) is 5.75 Å². The van der Waals surface area contributed by atoms with Crippen LogP contribution in [-0.4, -0.2) is 15.0 Å². The zero-order valence-electron chi connectivity index (χ0n) is 13.1.